The van der Waals surface area contributed by atoms with Gasteiger partial charge in [0.1, 0.15) is 17.9 Å². The first-order valence-corrected chi connectivity index (χ1v) is 5.01. The molecule has 1 aliphatic rings. The summed E-state index contributed by atoms with van der Waals surface area (Å²) in [7, 11) is 0. The number of hydrogen-bond donors (Lipinski definition) is 0. The average molecular weight is 230 g/mol. The van der Waals surface area contributed by atoms with Gasteiger partial charge in [0.05, 0.1) is 6.54 Å². The topological polar surface area (TPSA) is 78.3 Å². The van der Waals surface area contributed by atoms with Crippen molar-refractivity contribution in [3.63, 3.8) is 0 Å². The molecule has 1 rings (SSSR count). The van der Waals surface area contributed by atoms with Gasteiger partial charge in [-0.3, -0.25) is 4.90 Å². The van der Waals surface area contributed by atoms with Gasteiger partial charge >= 0.3 is 6.09 Å². The molecule has 1 heterocycles. The highest BCUT2D eigenvalue weighted by molar-refractivity contribution is 5.69. The number of nitrogens with zero attached hydrogens (tertiary/aromatic N) is 4. The molecule has 1 amide bonds. The van der Waals surface area contributed by atoms with Gasteiger partial charge in [-0.2, -0.15) is 0 Å². The summed E-state index contributed by atoms with van der Waals surface area (Å²) in [4.78, 5) is 15.4. The molecule has 0 aromatic rings. The van der Waals surface area contributed by atoms with Crippen LogP contribution in [0.1, 0.15) is 27.2 Å². The van der Waals surface area contributed by atoms with Crippen molar-refractivity contribution >= 4 is 6.09 Å². The minimum absolute atomic E-state index is 0.0311. The zero-order chi connectivity index (χ0) is 12.3. The molecule has 0 saturated carbocycles. The minimum Gasteiger partial charge on any atom is -0.444 e. The average Bonchev–Trinajstić information content (AvgIpc) is 2.44. The van der Waals surface area contributed by atoms with E-state index in [1.165, 1.54) is 0 Å². The summed E-state index contributed by atoms with van der Waals surface area (Å²) in [5.41, 5.74) is 7.66. The molecule has 0 unspecified atom stereocenters. The van der Waals surface area contributed by atoms with Crippen LogP contribution in [0.5, 0.6) is 0 Å². The molecule has 6 nitrogen and oxygen atoms in total. The summed E-state index contributed by atoms with van der Waals surface area (Å²) in [6.07, 6.45) is -2.56. The number of azide groups is 1. The van der Waals surface area contributed by atoms with Crippen LogP contribution in [0, 0.1) is 0 Å². The zero-order valence-electron chi connectivity index (χ0n) is 9.55. The van der Waals surface area contributed by atoms with Crippen LogP contribution in [-0.2, 0) is 4.74 Å². The number of alkyl halides is 1. The van der Waals surface area contributed by atoms with E-state index in [9.17, 15) is 9.18 Å². The number of carbonyl (C=O) groups is 1. The van der Waals surface area contributed by atoms with Gasteiger partial charge in [-0.05, 0) is 26.3 Å². The van der Waals surface area contributed by atoms with Crippen LogP contribution < -0.4 is 0 Å². The lowest BCUT2D eigenvalue weighted by molar-refractivity contribution is 0.0223. The molecular weight excluding hydrogens is 215 g/mol. The van der Waals surface area contributed by atoms with Crippen molar-refractivity contribution in [2.24, 2.45) is 5.11 Å². The van der Waals surface area contributed by atoms with E-state index in [1.54, 1.807) is 20.8 Å². The third kappa shape index (κ3) is 3.27. The second-order valence-corrected chi connectivity index (χ2v) is 4.65. The summed E-state index contributed by atoms with van der Waals surface area (Å²) in [6, 6.07) is 0. The molecule has 2 atom stereocenters. The summed E-state index contributed by atoms with van der Waals surface area (Å²) < 4.78 is 18.2. The summed E-state index contributed by atoms with van der Waals surface area (Å²) in [6.45, 7) is 5.07. The second kappa shape index (κ2) is 4.57. The van der Waals surface area contributed by atoms with Crippen LogP contribution in [0.15, 0.2) is 5.11 Å². The molecule has 0 bridgehead atoms. The Balaban J connectivity index is 2.70. The van der Waals surface area contributed by atoms with Gasteiger partial charge in [0.25, 0.3) is 0 Å². The van der Waals surface area contributed by atoms with Gasteiger partial charge < -0.3 is 4.74 Å². The first kappa shape index (κ1) is 12.6. The maximum Gasteiger partial charge on any atom is 0.410 e. The van der Waals surface area contributed by atoms with Crippen LogP contribution in [0.2, 0.25) is 0 Å². The molecule has 0 aromatic carbocycles. The van der Waals surface area contributed by atoms with Gasteiger partial charge in [0.15, 0.2) is 0 Å². The first-order chi connectivity index (χ1) is 7.33. The Morgan fingerprint density at radius 1 is 1.62 bits per heavy atom. The van der Waals surface area contributed by atoms with E-state index >= 15 is 0 Å². The van der Waals surface area contributed by atoms with E-state index in [4.69, 9.17) is 10.3 Å². The third-order valence-corrected chi connectivity index (χ3v) is 2.03. The smallest absolute Gasteiger partial charge is 0.410 e. The van der Waals surface area contributed by atoms with Crippen molar-refractivity contribution in [1.82, 2.24) is 4.90 Å². The van der Waals surface area contributed by atoms with E-state index in [1.807, 2.05) is 0 Å². The molecule has 0 aliphatic carbocycles. The molecule has 1 saturated heterocycles. The van der Waals surface area contributed by atoms with Crippen molar-refractivity contribution in [2.45, 2.75) is 45.1 Å². The van der Waals surface area contributed by atoms with Crippen molar-refractivity contribution in [3.05, 3.63) is 10.4 Å². The van der Waals surface area contributed by atoms with Crippen molar-refractivity contribution in [2.75, 3.05) is 6.54 Å². The highest BCUT2D eigenvalue weighted by atomic mass is 19.1. The number of rotatable bonds is 1. The Kier molecular flexibility index (Phi) is 3.59. The number of ether oxygens (including phenoxy) is 1. The van der Waals surface area contributed by atoms with Crippen molar-refractivity contribution in [1.29, 1.82) is 0 Å². The standard InChI is InChI=1S/C9H15FN4O2/c1-9(2,3)16-8(15)14-5-6(10)4-7(14)12-13-11/h6-7H,4-5H2,1-3H3/t6-,7-/m0/s1. The normalized spacial score (nSPS) is 25.1. The molecule has 1 aliphatic heterocycles. The lowest BCUT2D eigenvalue weighted by Gasteiger charge is -2.26. The lowest BCUT2D eigenvalue weighted by Crippen LogP contribution is -2.39. The molecule has 16 heavy (non-hydrogen) atoms. The number of amides is 1. The molecule has 0 N–H and O–H groups in total. The fraction of sp³-hybridized carbons (Fsp3) is 0.889. The molecular formula is C9H15FN4O2. The predicted molar refractivity (Wildman–Crippen MR) is 55.4 cm³/mol. The Morgan fingerprint density at radius 3 is 2.75 bits per heavy atom. The van der Waals surface area contributed by atoms with Crippen LogP contribution in [0.3, 0.4) is 0 Å². The Labute approximate surface area is 93.0 Å². The van der Waals surface area contributed by atoms with E-state index in [0.29, 0.717) is 0 Å². The lowest BCUT2D eigenvalue weighted by atomic mass is 10.2. The van der Waals surface area contributed by atoms with Crippen LogP contribution in [0.25, 0.3) is 10.4 Å². The molecule has 0 spiro atoms. The SMILES string of the molecule is CC(C)(C)OC(=O)N1C[C@@H](F)C[C@H]1N=[N+]=[N-]. The van der Waals surface area contributed by atoms with Crippen LogP contribution in [0.4, 0.5) is 9.18 Å². The number of carbonyl (C=O) groups excluding carboxylic acids is 1. The Bertz CT molecular complexity index is 322. The fourth-order valence-corrected chi connectivity index (χ4v) is 1.45. The fourth-order valence-electron chi connectivity index (χ4n) is 1.45. The number of hydrogen-bond acceptors (Lipinski definition) is 3. The van der Waals surface area contributed by atoms with E-state index in [-0.39, 0.29) is 13.0 Å². The predicted octanol–water partition coefficient (Wildman–Crippen LogP) is 2.60. The van der Waals surface area contributed by atoms with Gasteiger partial charge in [-0.1, -0.05) is 5.11 Å². The third-order valence-electron chi connectivity index (χ3n) is 2.03. The molecule has 1 fully saturated rings. The van der Waals surface area contributed by atoms with E-state index < -0.39 is 24.0 Å². The summed E-state index contributed by atoms with van der Waals surface area (Å²) in [5.74, 6) is 0. The zero-order valence-corrected chi connectivity index (χ0v) is 9.55. The van der Waals surface area contributed by atoms with Gasteiger partial charge in [-0.25, -0.2) is 9.18 Å². The van der Waals surface area contributed by atoms with E-state index in [0.717, 1.165) is 4.90 Å². The van der Waals surface area contributed by atoms with Gasteiger partial charge in [0.2, 0.25) is 0 Å². The minimum atomic E-state index is -1.16. The second-order valence-electron chi connectivity index (χ2n) is 4.65. The number of halogens is 1. The largest absolute Gasteiger partial charge is 0.444 e. The van der Waals surface area contributed by atoms with Gasteiger partial charge in [-0.15, -0.1) is 0 Å². The van der Waals surface area contributed by atoms with Crippen LogP contribution >= 0.6 is 0 Å². The van der Waals surface area contributed by atoms with Gasteiger partial charge in [0, 0.05) is 11.3 Å². The molecule has 0 aromatic heterocycles. The maximum absolute atomic E-state index is 13.1. The summed E-state index contributed by atoms with van der Waals surface area (Å²) in [5, 5.41) is 3.37. The van der Waals surface area contributed by atoms with Crippen LogP contribution in [-0.4, -0.2) is 35.5 Å². The highest BCUT2D eigenvalue weighted by Gasteiger charge is 2.37. The highest BCUT2D eigenvalue weighted by Crippen LogP contribution is 2.23. The summed E-state index contributed by atoms with van der Waals surface area (Å²) >= 11 is 0. The maximum atomic E-state index is 13.1. The molecule has 0 radical (unpaired) electrons. The van der Waals surface area contributed by atoms with E-state index in [2.05, 4.69) is 10.0 Å². The quantitative estimate of drug-likeness (QED) is 0.394. The number of likely N-dealkylation sites (tertiary alicyclic amines) is 1. The van der Waals surface area contributed by atoms with Crippen molar-refractivity contribution in [3.8, 4) is 0 Å². The Morgan fingerprint density at radius 2 is 2.25 bits per heavy atom. The molecule has 7 heteroatoms. The Hall–Kier alpha value is -1.49. The van der Waals surface area contributed by atoms with Crippen molar-refractivity contribution < 1.29 is 13.9 Å². The first-order valence-electron chi connectivity index (χ1n) is 5.01. The monoisotopic (exact) mass is 230 g/mol. The molecule has 90 valence electrons.